The minimum absolute atomic E-state index is 0.221. The van der Waals surface area contributed by atoms with Crippen LogP contribution in [0.5, 0.6) is 0 Å². The third-order valence-corrected chi connectivity index (χ3v) is 2.51. The number of nitrogens with zero attached hydrogens (tertiary/aromatic N) is 1. The van der Waals surface area contributed by atoms with Gasteiger partial charge in [0.15, 0.2) is 0 Å². The van der Waals surface area contributed by atoms with Gasteiger partial charge in [-0.15, -0.1) is 0 Å². The Kier molecular flexibility index (Phi) is 5.58. The molecule has 0 aromatic carbocycles. The van der Waals surface area contributed by atoms with Gasteiger partial charge < -0.3 is 9.72 Å². The molecule has 5 heteroatoms. The summed E-state index contributed by atoms with van der Waals surface area (Å²) in [5.41, 5.74) is 0.963. The number of aromatic amines is 1. The molecule has 0 aliphatic rings. The normalized spacial score (nSPS) is 10.6. The first kappa shape index (κ1) is 14.4. The highest BCUT2D eigenvalue weighted by atomic mass is 16.5. The van der Waals surface area contributed by atoms with E-state index in [0.717, 1.165) is 18.4 Å². The van der Waals surface area contributed by atoms with Gasteiger partial charge in [0.2, 0.25) is 0 Å². The number of H-pyrrole nitrogens is 1. The predicted molar refractivity (Wildman–Crippen MR) is 70.9 cm³/mol. The Hall–Kier alpha value is -1.62. The van der Waals surface area contributed by atoms with Gasteiger partial charge in [-0.1, -0.05) is 12.2 Å². The number of hydrogen-bond donors (Lipinski definition) is 1. The molecule has 0 atom stereocenters. The van der Waals surface area contributed by atoms with Gasteiger partial charge in [0, 0.05) is 24.9 Å². The maximum Gasteiger partial charge on any atom is 0.328 e. The van der Waals surface area contributed by atoms with Crippen LogP contribution in [0.2, 0.25) is 0 Å². The van der Waals surface area contributed by atoms with Crippen molar-refractivity contribution in [2.75, 3.05) is 13.2 Å². The zero-order valence-electron chi connectivity index (χ0n) is 11.0. The van der Waals surface area contributed by atoms with Crippen LogP contribution in [-0.2, 0) is 11.3 Å². The van der Waals surface area contributed by atoms with Crippen LogP contribution in [0.25, 0.3) is 0 Å². The van der Waals surface area contributed by atoms with Gasteiger partial charge >= 0.3 is 5.69 Å². The van der Waals surface area contributed by atoms with Gasteiger partial charge in [-0.05, 0) is 26.7 Å². The third-order valence-electron chi connectivity index (χ3n) is 2.51. The second kappa shape index (κ2) is 6.96. The van der Waals surface area contributed by atoms with Crippen molar-refractivity contribution < 1.29 is 4.74 Å². The average molecular weight is 252 g/mol. The minimum Gasteiger partial charge on any atom is -0.377 e. The highest BCUT2D eigenvalue weighted by Gasteiger charge is 2.03. The molecule has 0 bridgehead atoms. The standard InChI is InChI=1S/C13H20N2O3/c1-10(2)9-18-7-5-4-6-15-12(16)11(3)8-14-13(15)17/h8H,1,4-7,9H2,2-3H3,(H,14,17). The molecule has 1 heterocycles. The van der Waals surface area contributed by atoms with E-state index in [1.165, 1.54) is 10.8 Å². The number of nitrogens with one attached hydrogen (secondary N) is 1. The van der Waals surface area contributed by atoms with Crippen LogP contribution in [0, 0.1) is 6.92 Å². The van der Waals surface area contributed by atoms with E-state index in [9.17, 15) is 9.59 Å². The topological polar surface area (TPSA) is 64.1 Å². The van der Waals surface area contributed by atoms with Crippen molar-refractivity contribution in [1.82, 2.24) is 9.55 Å². The van der Waals surface area contributed by atoms with E-state index in [1.807, 2.05) is 6.92 Å². The van der Waals surface area contributed by atoms with E-state index >= 15 is 0 Å². The molecule has 18 heavy (non-hydrogen) atoms. The lowest BCUT2D eigenvalue weighted by Crippen LogP contribution is -2.35. The lowest BCUT2D eigenvalue weighted by molar-refractivity contribution is 0.151. The minimum atomic E-state index is -0.353. The first-order chi connectivity index (χ1) is 8.52. The summed E-state index contributed by atoms with van der Waals surface area (Å²) in [6.45, 7) is 8.93. The number of hydrogen-bond acceptors (Lipinski definition) is 3. The zero-order valence-corrected chi connectivity index (χ0v) is 11.0. The lowest BCUT2D eigenvalue weighted by Gasteiger charge is -2.06. The van der Waals surface area contributed by atoms with E-state index in [2.05, 4.69) is 11.6 Å². The second-order valence-corrected chi connectivity index (χ2v) is 4.45. The molecule has 1 rings (SSSR count). The predicted octanol–water partition coefficient (Wildman–Crippen LogP) is 1.22. The number of ether oxygens (including phenoxy) is 1. The largest absolute Gasteiger partial charge is 0.377 e. The fourth-order valence-electron chi connectivity index (χ4n) is 1.54. The van der Waals surface area contributed by atoms with E-state index in [4.69, 9.17) is 4.74 Å². The molecule has 0 radical (unpaired) electrons. The van der Waals surface area contributed by atoms with Crippen molar-refractivity contribution in [2.45, 2.75) is 33.2 Å². The van der Waals surface area contributed by atoms with Crippen LogP contribution in [0.1, 0.15) is 25.3 Å². The smallest absolute Gasteiger partial charge is 0.328 e. The maximum absolute atomic E-state index is 11.7. The van der Waals surface area contributed by atoms with E-state index in [1.54, 1.807) is 6.92 Å². The quantitative estimate of drug-likeness (QED) is 0.586. The van der Waals surface area contributed by atoms with Gasteiger partial charge in [0.25, 0.3) is 5.56 Å². The summed E-state index contributed by atoms with van der Waals surface area (Å²) in [7, 11) is 0. The summed E-state index contributed by atoms with van der Waals surface area (Å²) in [6, 6.07) is 0. The number of rotatable bonds is 7. The van der Waals surface area contributed by atoms with Crippen LogP contribution in [0.4, 0.5) is 0 Å². The monoisotopic (exact) mass is 252 g/mol. The number of aromatic nitrogens is 2. The summed E-state index contributed by atoms with van der Waals surface area (Å²) >= 11 is 0. The Morgan fingerprint density at radius 3 is 2.83 bits per heavy atom. The van der Waals surface area contributed by atoms with Crippen LogP contribution in [0.15, 0.2) is 27.9 Å². The molecule has 0 fully saturated rings. The van der Waals surface area contributed by atoms with Crippen LogP contribution in [-0.4, -0.2) is 22.8 Å². The molecular formula is C13H20N2O3. The Labute approximate surface area is 106 Å². The molecule has 0 aliphatic carbocycles. The average Bonchev–Trinajstić information content (AvgIpc) is 2.32. The Bertz CT molecular complexity index is 514. The summed E-state index contributed by atoms with van der Waals surface area (Å²) in [6.07, 6.45) is 2.99. The summed E-state index contributed by atoms with van der Waals surface area (Å²) in [5, 5.41) is 0. The fraction of sp³-hybridized carbons (Fsp3) is 0.538. The SMILES string of the molecule is C=C(C)COCCCCn1c(=O)[nH]cc(C)c1=O. The van der Waals surface area contributed by atoms with Crippen molar-refractivity contribution in [3.8, 4) is 0 Å². The molecule has 1 N–H and O–H groups in total. The molecule has 0 aliphatic heterocycles. The van der Waals surface area contributed by atoms with Crippen molar-refractivity contribution >= 4 is 0 Å². The molecule has 5 nitrogen and oxygen atoms in total. The van der Waals surface area contributed by atoms with E-state index in [0.29, 0.717) is 25.3 Å². The van der Waals surface area contributed by atoms with Gasteiger partial charge in [0.1, 0.15) is 0 Å². The molecule has 1 aromatic rings. The van der Waals surface area contributed by atoms with E-state index in [-0.39, 0.29) is 11.2 Å². The second-order valence-electron chi connectivity index (χ2n) is 4.45. The van der Waals surface area contributed by atoms with Crippen LogP contribution < -0.4 is 11.2 Å². The van der Waals surface area contributed by atoms with Gasteiger partial charge in [-0.3, -0.25) is 9.36 Å². The molecule has 1 aromatic heterocycles. The molecule has 0 saturated carbocycles. The van der Waals surface area contributed by atoms with Gasteiger partial charge in [-0.2, -0.15) is 0 Å². The molecule has 0 saturated heterocycles. The van der Waals surface area contributed by atoms with Crippen LogP contribution in [0.3, 0.4) is 0 Å². The fourth-order valence-corrected chi connectivity index (χ4v) is 1.54. The zero-order chi connectivity index (χ0) is 13.5. The van der Waals surface area contributed by atoms with Crippen molar-refractivity contribution in [3.63, 3.8) is 0 Å². The third kappa shape index (κ3) is 4.33. The first-order valence-electron chi connectivity index (χ1n) is 6.03. The molecule has 0 amide bonds. The van der Waals surface area contributed by atoms with Crippen molar-refractivity contribution in [1.29, 1.82) is 0 Å². The van der Waals surface area contributed by atoms with Gasteiger partial charge in [-0.25, -0.2) is 4.79 Å². The summed E-state index contributed by atoms with van der Waals surface area (Å²) < 4.78 is 6.57. The molecule has 0 spiro atoms. The van der Waals surface area contributed by atoms with E-state index < -0.39 is 0 Å². The number of aryl methyl sites for hydroxylation is 1. The maximum atomic E-state index is 11.7. The Morgan fingerprint density at radius 1 is 1.44 bits per heavy atom. The summed E-state index contributed by atoms with van der Waals surface area (Å²) in [4.78, 5) is 25.7. The van der Waals surface area contributed by atoms with Crippen LogP contribution >= 0.6 is 0 Å². The van der Waals surface area contributed by atoms with Crippen molar-refractivity contribution in [3.05, 3.63) is 44.8 Å². The molecular weight excluding hydrogens is 232 g/mol. The van der Waals surface area contributed by atoms with Crippen molar-refractivity contribution in [2.24, 2.45) is 0 Å². The Morgan fingerprint density at radius 2 is 2.17 bits per heavy atom. The highest BCUT2D eigenvalue weighted by molar-refractivity contribution is 5.00. The first-order valence-corrected chi connectivity index (χ1v) is 6.03. The van der Waals surface area contributed by atoms with Gasteiger partial charge in [0.05, 0.1) is 6.61 Å². The molecule has 100 valence electrons. The summed E-state index contributed by atoms with van der Waals surface area (Å²) in [5.74, 6) is 0. The Balaban J connectivity index is 2.41. The highest BCUT2D eigenvalue weighted by Crippen LogP contribution is 1.95. The molecule has 0 unspecified atom stereocenters. The lowest BCUT2D eigenvalue weighted by atomic mass is 10.3. The number of unbranched alkanes of at least 4 members (excludes halogenated alkanes) is 1.